The average Bonchev–Trinajstić information content (AvgIpc) is 2.58. The Hall–Kier alpha value is -1.01. The van der Waals surface area contributed by atoms with Crippen LogP contribution in [0.1, 0.15) is 42.4 Å². The second-order valence-corrected chi connectivity index (χ2v) is 6.89. The summed E-state index contributed by atoms with van der Waals surface area (Å²) in [6.45, 7) is 3.76. The van der Waals surface area contributed by atoms with Gasteiger partial charge in [-0.3, -0.25) is 0 Å². The Labute approximate surface area is 101 Å². The van der Waals surface area contributed by atoms with E-state index in [1.54, 1.807) is 6.20 Å². The van der Waals surface area contributed by atoms with Crippen molar-refractivity contribution in [2.75, 3.05) is 11.5 Å². The summed E-state index contributed by atoms with van der Waals surface area (Å²) in [6, 6.07) is -0.101. The third kappa shape index (κ3) is 2.63. The minimum Gasteiger partial charge on any atom is -0.324 e. The first-order valence-electron chi connectivity index (χ1n) is 5.68. The third-order valence-electron chi connectivity index (χ3n) is 3.12. The van der Waals surface area contributed by atoms with Gasteiger partial charge in [0.15, 0.2) is 9.84 Å². The lowest BCUT2D eigenvalue weighted by Gasteiger charge is -2.12. The highest BCUT2D eigenvalue weighted by Crippen LogP contribution is 2.27. The number of nitrogens with two attached hydrogens (primary N) is 1. The molecular weight excluding hydrogens is 238 g/mol. The highest BCUT2D eigenvalue weighted by Gasteiger charge is 2.31. The van der Waals surface area contributed by atoms with Gasteiger partial charge in [-0.25, -0.2) is 18.4 Å². The van der Waals surface area contributed by atoms with E-state index in [4.69, 9.17) is 5.73 Å². The van der Waals surface area contributed by atoms with Crippen molar-refractivity contribution >= 4 is 9.84 Å². The van der Waals surface area contributed by atoms with Gasteiger partial charge >= 0.3 is 0 Å². The summed E-state index contributed by atoms with van der Waals surface area (Å²) in [5.74, 6) is 0.993. The molecule has 0 spiro atoms. The summed E-state index contributed by atoms with van der Waals surface area (Å²) in [6.07, 6.45) is 2.34. The largest absolute Gasteiger partial charge is 0.324 e. The van der Waals surface area contributed by atoms with Crippen LogP contribution in [0.5, 0.6) is 0 Å². The summed E-state index contributed by atoms with van der Waals surface area (Å²) >= 11 is 0. The van der Waals surface area contributed by atoms with Crippen LogP contribution in [0.2, 0.25) is 0 Å². The molecule has 1 aliphatic rings. The van der Waals surface area contributed by atoms with Gasteiger partial charge < -0.3 is 5.73 Å². The molecule has 1 fully saturated rings. The smallest absolute Gasteiger partial charge is 0.151 e. The quantitative estimate of drug-likeness (QED) is 0.841. The van der Waals surface area contributed by atoms with Crippen molar-refractivity contribution in [1.29, 1.82) is 0 Å². The van der Waals surface area contributed by atoms with E-state index >= 15 is 0 Å². The maximum Gasteiger partial charge on any atom is 0.151 e. The number of aryl methyl sites for hydroxylation is 1. The zero-order valence-corrected chi connectivity index (χ0v) is 10.9. The molecule has 2 atom stereocenters. The zero-order chi connectivity index (χ0) is 12.6. The maximum atomic E-state index is 11.4. The fourth-order valence-electron chi connectivity index (χ4n) is 2.14. The molecular formula is C11H17N3O2S. The molecule has 0 amide bonds. The SMILES string of the molecule is Cc1nc(C2CCS(=O)(=O)C2)ncc1C(C)N. The molecule has 1 aromatic heterocycles. The van der Waals surface area contributed by atoms with E-state index in [0.717, 1.165) is 11.3 Å². The van der Waals surface area contributed by atoms with Crippen LogP contribution in [0.3, 0.4) is 0 Å². The van der Waals surface area contributed by atoms with Crippen molar-refractivity contribution in [2.45, 2.75) is 32.2 Å². The van der Waals surface area contributed by atoms with Gasteiger partial charge in [0.25, 0.3) is 0 Å². The van der Waals surface area contributed by atoms with E-state index in [-0.39, 0.29) is 23.5 Å². The van der Waals surface area contributed by atoms with Crippen LogP contribution in [0.4, 0.5) is 0 Å². The second-order valence-electron chi connectivity index (χ2n) is 4.66. The van der Waals surface area contributed by atoms with Gasteiger partial charge in [-0.1, -0.05) is 0 Å². The van der Waals surface area contributed by atoms with Crippen molar-refractivity contribution < 1.29 is 8.42 Å². The summed E-state index contributed by atoms with van der Waals surface area (Å²) in [4.78, 5) is 8.64. The van der Waals surface area contributed by atoms with Crippen molar-refractivity contribution in [3.63, 3.8) is 0 Å². The molecule has 5 nitrogen and oxygen atoms in total. The summed E-state index contributed by atoms with van der Waals surface area (Å²) < 4.78 is 22.8. The Morgan fingerprint density at radius 1 is 1.53 bits per heavy atom. The molecule has 94 valence electrons. The lowest BCUT2D eigenvalue weighted by atomic mass is 10.1. The Morgan fingerprint density at radius 3 is 2.71 bits per heavy atom. The number of rotatable bonds is 2. The molecule has 0 bridgehead atoms. The Morgan fingerprint density at radius 2 is 2.24 bits per heavy atom. The van der Waals surface area contributed by atoms with E-state index < -0.39 is 9.84 Å². The fraction of sp³-hybridized carbons (Fsp3) is 0.636. The molecule has 17 heavy (non-hydrogen) atoms. The fourth-order valence-corrected chi connectivity index (χ4v) is 3.88. The van der Waals surface area contributed by atoms with E-state index in [9.17, 15) is 8.42 Å². The van der Waals surface area contributed by atoms with E-state index in [1.807, 2.05) is 13.8 Å². The van der Waals surface area contributed by atoms with Crippen molar-refractivity contribution in [1.82, 2.24) is 9.97 Å². The zero-order valence-electron chi connectivity index (χ0n) is 10.0. The molecule has 2 heterocycles. The number of nitrogens with zero attached hydrogens (tertiary/aromatic N) is 2. The minimum atomic E-state index is -2.89. The van der Waals surface area contributed by atoms with Crippen molar-refractivity contribution in [3.8, 4) is 0 Å². The topological polar surface area (TPSA) is 85.9 Å². The first kappa shape index (κ1) is 12.4. The number of sulfone groups is 1. The highest BCUT2D eigenvalue weighted by molar-refractivity contribution is 7.91. The summed E-state index contributed by atoms with van der Waals surface area (Å²) in [7, 11) is -2.89. The van der Waals surface area contributed by atoms with Crippen LogP contribution in [0.25, 0.3) is 0 Å². The number of hydrogen-bond donors (Lipinski definition) is 1. The van der Waals surface area contributed by atoms with Crippen LogP contribution < -0.4 is 5.73 Å². The average molecular weight is 255 g/mol. The molecule has 0 radical (unpaired) electrons. The normalized spacial score (nSPS) is 24.8. The molecule has 2 unspecified atom stereocenters. The van der Waals surface area contributed by atoms with Gasteiger partial charge in [-0.05, 0) is 20.3 Å². The van der Waals surface area contributed by atoms with Gasteiger partial charge in [0.05, 0.1) is 11.5 Å². The van der Waals surface area contributed by atoms with Crippen molar-refractivity contribution in [3.05, 3.63) is 23.3 Å². The van der Waals surface area contributed by atoms with Gasteiger partial charge in [0.1, 0.15) is 5.82 Å². The van der Waals surface area contributed by atoms with Gasteiger partial charge in [-0.15, -0.1) is 0 Å². The van der Waals surface area contributed by atoms with Crippen molar-refractivity contribution in [2.24, 2.45) is 5.73 Å². The molecule has 0 aliphatic carbocycles. The first-order valence-corrected chi connectivity index (χ1v) is 7.50. The van der Waals surface area contributed by atoms with Crippen LogP contribution in [0.15, 0.2) is 6.20 Å². The molecule has 1 saturated heterocycles. The minimum absolute atomic E-state index is 0.0548. The Kier molecular flexibility index (Phi) is 3.18. The molecule has 2 N–H and O–H groups in total. The number of aromatic nitrogens is 2. The Bertz CT molecular complexity index is 526. The van der Waals surface area contributed by atoms with Crippen LogP contribution in [-0.4, -0.2) is 29.9 Å². The standard InChI is InChI=1S/C11H17N3O2S/c1-7(12)10-5-13-11(14-8(10)2)9-3-4-17(15,16)6-9/h5,7,9H,3-4,6,12H2,1-2H3. The molecule has 2 rings (SSSR count). The van der Waals surface area contributed by atoms with Crippen LogP contribution >= 0.6 is 0 Å². The third-order valence-corrected chi connectivity index (χ3v) is 4.89. The number of hydrogen-bond acceptors (Lipinski definition) is 5. The van der Waals surface area contributed by atoms with Crippen LogP contribution in [-0.2, 0) is 9.84 Å². The lowest BCUT2D eigenvalue weighted by Crippen LogP contribution is -2.13. The summed E-state index contributed by atoms with van der Waals surface area (Å²) in [5.41, 5.74) is 7.54. The second kappa shape index (κ2) is 4.34. The molecule has 0 aromatic carbocycles. The van der Waals surface area contributed by atoms with Crippen LogP contribution in [0, 0.1) is 6.92 Å². The monoisotopic (exact) mass is 255 g/mol. The highest BCUT2D eigenvalue weighted by atomic mass is 32.2. The van der Waals surface area contributed by atoms with E-state index in [0.29, 0.717) is 12.2 Å². The molecule has 0 saturated carbocycles. The van der Waals surface area contributed by atoms with E-state index in [2.05, 4.69) is 9.97 Å². The molecule has 1 aromatic rings. The first-order chi connectivity index (χ1) is 7.89. The maximum absolute atomic E-state index is 11.4. The predicted octanol–water partition coefficient (Wildman–Crippen LogP) is 0.707. The van der Waals surface area contributed by atoms with Gasteiger partial charge in [-0.2, -0.15) is 0 Å². The predicted molar refractivity (Wildman–Crippen MR) is 65.4 cm³/mol. The molecule has 1 aliphatic heterocycles. The molecule has 6 heteroatoms. The van der Waals surface area contributed by atoms with E-state index in [1.165, 1.54) is 0 Å². The van der Waals surface area contributed by atoms with Gasteiger partial charge in [0, 0.05) is 29.4 Å². The summed E-state index contributed by atoms with van der Waals surface area (Å²) in [5, 5.41) is 0. The lowest BCUT2D eigenvalue weighted by molar-refractivity contribution is 0.601. The Balaban J connectivity index is 2.27. The van der Waals surface area contributed by atoms with Gasteiger partial charge in [0.2, 0.25) is 0 Å².